The van der Waals surface area contributed by atoms with E-state index in [1.54, 1.807) is 0 Å². The van der Waals surface area contributed by atoms with E-state index in [1.165, 1.54) is 5.56 Å². The Hall–Kier alpha value is -1.59. The molecule has 1 atom stereocenters. The van der Waals surface area contributed by atoms with Crippen LogP contribution < -0.4 is 16.0 Å². The summed E-state index contributed by atoms with van der Waals surface area (Å²) in [6.45, 7) is 9.06. The highest BCUT2D eigenvalue weighted by molar-refractivity contribution is 5.74. The number of carbonyl (C=O) groups excluding carboxylic acids is 1. The second-order valence-electron chi connectivity index (χ2n) is 7.57. The molecule has 1 aromatic rings. The largest absolute Gasteiger partial charge is 0.336 e. The zero-order valence-electron chi connectivity index (χ0n) is 15.4. The molecule has 3 N–H and O–H groups in total. The second-order valence-corrected chi connectivity index (χ2v) is 7.57. The van der Waals surface area contributed by atoms with Crippen molar-refractivity contribution < 1.29 is 4.79 Å². The summed E-state index contributed by atoms with van der Waals surface area (Å²) in [4.78, 5) is 14.4. The van der Waals surface area contributed by atoms with Crippen LogP contribution in [0.15, 0.2) is 30.3 Å². The van der Waals surface area contributed by atoms with Gasteiger partial charge >= 0.3 is 6.03 Å². The van der Waals surface area contributed by atoms with Crippen molar-refractivity contribution in [1.29, 1.82) is 0 Å². The van der Waals surface area contributed by atoms with E-state index in [2.05, 4.69) is 60.8 Å². The predicted molar refractivity (Wildman–Crippen MR) is 99.1 cm³/mol. The van der Waals surface area contributed by atoms with E-state index >= 15 is 0 Å². The number of piperidine rings is 1. The van der Waals surface area contributed by atoms with E-state index in [9.17, 15) is 4.79 Å². The highest BCUT2D eigenvalue weighted by Crippen LogP contribution is 2.15. The Morgan fingerprint density at radius 2 is 1.88 bits per heavy atom. The molecule has 1 aliphatic rings. The topological polar surface area (TPSA) is 56.4 Å². The fourth-order valence-corrected chi connectivity index (χ4v) is 3.15. The van der Waals surface area contributed by atoms with Crippen molar-refractivity contribution in [3.05, 3.63) is 35.9 Å². The van der Waals surface area contributed by atoms with E-state index in [-0.39, 0.29) is 17.6 Å². The Morgan fingerprint density at radius 3 is 2.50 bits per heavy atom. The standard InChI is InChI=1S/C19H32N4O/c1-15(16-8-6-5-7-9-16)22-19(2,3)14-20-18(24)21-17-10-12-23(4)13-11-17/h5-9,15,17,22H,10-14H2,1-4H3,(H2,20,21,24)/t15-/m0/s1. The van der Waals surface area contributed by atoms with Gasteiger partial charge in [-0.05, 0) is 59.3 Å². The highest BCUT2D eigenvalue weighted by atomic mass is 16.2. The van der Waals surface area contributed by atoms with Crippen LogP contribution >= 0.6 is 0 Å². The molecule has 0 saturated carbocycles. The zero-order valence-corrected chi connectivity index (χ0v) is 15.4. The maximum absolute atomic E-state index is 12.1. The van der Waals surface area contributed by atoms with Crippen LogP contribution in [0, 0.1) is 0 Å². The molecule has 5 nitrogen and oxygen atoms in total. The SMILES string of the molecule is C[C@H](NC(C)(C)CNC(=O)NC1CCN(C)CC1)c1ccccc1. The molecule has 0 unspecified atom stereocenters. The lowest BCUT2D eigenvalue weighted by molar-refractivity contribution is 0.210. The quantitative estimate of drug-likeness (QED) is 0.750. The summed E-state index contributed by atoms with van der Waals surface area (Å²) in [5.74, 6) is 0. The van der Waals surface area contributed by atoms with E-state index in [0.717, 1.165) is 25.9 Å². The molecule has 1 saturated heterocycles. The number of hydrogen-bond donors (Lipinski definition) is 3. The molecule has 5 heteroatoms. The number of hydrogen-bond acceptors (Lipinski definition) is 3. The van der Waals surface area contributed by atoms with Gasteiger partial charge in [-0.2, -0.15) is 0 Å². The minimum Gasteiger partial charge on any atom is -0.336 e. The molecular weight excluding hydrogens is 300 g/mol. The van der Waals surface area contributed by atoms with Gasteiger partial charge in [-0.25, -0.2) is 4.79 Å². The molecule has 0 aliphatic carbocycles. The number of carbonyl (C=O) groups is 1. The third kappa shape index (κ3) is 6.13. The lowest BCUT2D eigenvalue weighted by Gasteiger charge is -2.32. The smallest absolute Gasteiger partial charge is 0.315 e. The number of rotatable bonds is 6. The molecule has 0 radical (unpaired) electrons. The first-order valence-electron chi connectivity index (χ1n) is 8.91. The van der Waals surface area contributed by atoms with Crippen LogP contribution in [-0.4, -0.2) is 49.2 Å². The summed E-state index contributed by atoms with van der Waals surface area (Å²) in [7, 11) is 2.12. The van der Waals surface area contributed by atoms with Gasteiger partial charge in [0.2, 0.25) is 0 Å². The Kier molecular flexibility index (Phi) is 6.63. The molecule has 1 heterocycles. The van der Waals surface area contributed by atoms with Gasteiger partial charge in [-0.1, -0.05) is 30.3 Å². The Morgan fingerprint density at radius 1 is 1.25 bits per heavy atom. The van der Waals surface area contributed by atoms with Gasteiger partial charge < -0.3 is 20.9 Å². The molecule has 0 aromatic heterocycles. The number of benzene rings is 1. The molecule has 2 amide bonds. The van der Waals surface area contributed by atoms with Gasteiger partial charge in [0.05, 0.1) is 0 Å². The predicted octanol–water partition coefficient (Wildman–Crippen LogP) is 2.51. The summed E-state index contributed by atoms with van der Waals surface area (Å²) in [5, 5.41) is 9.69. The summed E-state index contributed by atoms with van der Waals surface area (Å²) in [6.07, 6.45) is 2.05. The molecule has 0 spiro atoms. The minimum atomic E-state index is -0.181. The molecule has 134 valence electrons. The second kappa shape index (κ2) is 8.49. The Balaban J connectivity index is 1.74. The van der Waals surface area contributed by atoms with Crippen molar-refractivity contribution in [2.75, 3.05) is 26.7 Å². The monoisotopic (exact) mass is 332 g/mol. The zero-order chi connectivity index (χ0) is 17.6. The average Bonchev–Trinajstić information content (AvgIpc) is 2.56. The van der Waals surface area contributed by atoms with Crippen LogP contribution in [0.4, 0.5) is 4.79 Å². The molecule has 1 aromatic carbocycles. The normalized spacial score (nSPS) is 18.2. The van der Waals surface area contributed by atoms with E-state index < -0.39 is 0 Å². The van der Waals surface area contributed by atoms with Crippen molar-refractivity contribution in [2.45, 2.75) is 51.2 Å². The van der Waals surface area contributed by atoms with Crippen molar-refractivity contribution in [1.82, 2.24) is 20.9 Å². The van der Waals surface area contributed by atoms with Gasteiger partial charge in [-0.3, -0.25) is 0 Å². The molecule has 2 rings (SSSR count). The number of nitrogens with zero attached hydrogens (tertiary/aromatic N) is 1. The molecule has 1 fully saturated rings. The number of amides is 2. The van der Waals surface area contributed by atoms with E-state index in [4.69, 9.17) is 0 Å². The van der Waals surface area contributed by atoms with Crippen LogP contribution in [0.3, 0.4) is 0 Å². The highest BCUT2D eigenvalue weighted by Gasteiger charge is 2.23. The van der Waals surface area contributed by atoms with Crippen LogP contribution in [0.2, 0.25) is 0 Å². The van der Waals surface area contributed by atoms with Crippen molar-refractivity contribution in [3.63, 3.8) is 0 Å². The fraction of sp³-hybridized carbons (Fsp3) is 0.632. The van der Waals surface area contributed by atoms with E-state index in [1.807, 2.05) is 18.2 Å². The summed E-state index contributed by atoms with van der Waals surface area (Å²) in [6, 6.07) is 10.8. The lowest BCUT2D eigenvalue weighted by Crippen LogP contribution is -2.53. The molecule has 0 bridgehead atoms. The maximum atomic E-state index is 12.1. The Labute approximate surface area is 146 Å². The van der Waals surface area contributed by atoms with Gasteiger partial charge in [0.1, 0.15) is 0 Å². The van der Waals surface area contributed by atoms with Crippen molar-refractivity contribution >= 4 is 6.03 Å². The molecule has 24 heavy (non-hydrogen) atoms. The summed E-state index contributed by atoms with van der Waals surface area (Å²) < 4.78 is 0. The van der Waals surface area contributed by atoms with Crippen LogP contribution in [0.25, 0.3) is 0 Å². The third-order valence-corrected chi connectivity index (χ3v) is 4.65. The lowest BCUT2D eigenvalue weighted by atomic mass is 10.0. The Bertz CT molecular complexity index is 509. The first-order valence-corrected chi connectivity index (χ1v) is 8.91. The van der Waals surface area contributed by atoms with Crippen LogP contribution in [-0.2, 0) is 0 Å². The average molecular weight is 332 g/mol. The van der Waals surface area contributed by atoms with Gasteiger partial charge in [0, 0.05) is 24.2 Å². The third-order valence-electron chi connectivity index (χ3n) is 4.65. The van der Waals surface area contributed by atoms with Gasteiger partial charge in [0.25, 0.3) is 0 Å². The number of nitrogens with one attached hydrogen (secondary N) is 3. The minimum absolute atomic E-state index is 0.0632. The summed E-state index contributed by atoms with van der Waals surface area (Å²) >= 11 is 0. The van der Waals surface area contributed by atoms with Crippen LogP contribution in [0.5, 0.6) is 0 Å². The van der Waals surface area contributed by atoms with Crippen LogP contribution in [0.1, 0.15) is 45.2 Å². The van der Waals surface area contributed by atoms with Crippen molar-refractivity contribution in [3.8, 4) is 0 Å². The van der Waals surface area contributed by atoms with E-state index in [0.29, 0.717) is 12.6 Å². The van der Waals surface area contributed by atoms with Gasteiger partial charge in [-0.15, -0.1) is 0 Å². The van der Waals surface area contributed by atoms with Crippen molar-refractivity contribution in [2.24, 2.45) is 0 Å². The number of likely N-dealkylation sites (tertiary alicyclic amines) is 1. The van der Waals surface area contributed by atoms with Gasteiger partial charge in [0.15, 0.2) is 0 Å². The first-order chi connectivity index (χ1) is 11.4. The number of urea groups is 1. The maximum Gasteiger partial charge on any atom is 0.315 e. The summed E-state index contributed by atoms with van der Waals surface area (Å²) in [5.41, 5.74) is 1.07. The fourth-order valence-electron chi connectivity index (χ4n) is 3.15. The first kappa shape index (κ1) is 18.7. The molecule has 1 aliphatic heterocycles. The molecular formula is C19H32N4O.